The lowest BCUT2D eigenvalue weighted by Crippen LogP contribution is -2.22. The number of Topliss-reactive ketones (excluding diaryl/α,β-unsaturated/α-hetero) is 1. The molecule has 0 aromatic heterocycles. The highest BCUT2D eigenvalue weighted by molar-refractivity contribution is 6.30. The normalized spacial score (nSPS) is 19.7. The smallest absolute Gasteiger partial charge is 0.343 e. The van der Waals surface area contributed by atoms with E-state index in [0.29, 0.717) is 36.5 Å². The first-order valence-electron chi connectivity index (χ1n) is 8.03. The number of hydrogen-bond acceptors (Lipinski definition) is 6. The van der Waals surface area contributed by atoms with Gasteiger partial charge in [-0.05, 0) is 43.0 Å². The first-order valence-corrected chi connectivity index (χ1v) is 8.41. The van der Waals surface area contributed by atoms with Gasteiger partial charge in [0.25, 0.3) is 0 Å². The zero-order valence-electron chi connectivity index (χ0n) is 13.9. The van der Waals surface area contributed by atoms with Gasteiger partial charge in [0, 0.05) is 28.2 Å². The van der Waals surface area contributed by atoms with Gasteiger partial charge in [-0.3, -0.25) is 14.9 Å². The summed E-state index contributed by atoms with van der Waals surface area (Å²) in [4.78, 5) is 33.7. The van der Waals surface area contributed by atoms with Crippen molar-refractivity contribution >= 4 is 23.4 Å². The molecule has 0 unspecified atom stereocenters. The minimum Gasteiger partial charge on any atom is -0.482 e. The number of nitrogens with zero attached hydrogens (tertiary/aromatic N) is 1. The van der Waals surface area contributed by atoms with Crippen LogP contribution in [0.1, 0.15) is 24.8 Å². The Hall–Kier alpha value is -2.15. The van der Waals surface area contributed by atoms with Crippen molar-refractivity contribution in [3.63, 3.8) is 0 Å². The predicted octanol–water partition coefficient (Wildman–Crippen LogP) is 2.70. The van der Waals surface area contributed by atoms with Crippen molar-refractivity contribution in [2.45, 2.75) is 25.7 Å². The number of carbonyl (C=O) groups is 2. The van der Waals surface area contributed by atoms with Crippen molar-refractivity contribution in [1.29, 1.82) is 0 Å². The lowest BCUT2D eigenvalue weighted by molar-refractivity contribution is -0.489. The van der Waals surface area contributed by atoms with Gasteiger partial charge in [0.2, 0.25) is 6.54 Å². The molecular formula is C17H20ClNO6. The Bertz CT molecular complexity index is 663. The highest BCUT2D eigenvalue weighted by atomic mass is 35.5. The molecule has 7 nitrogen and oxygen atoms in total. The van der Waals surface area contributed by atoms with Crippen LogP contribution in [0.25, 0.3) is 0 Å². The van der Waals surface area contributed by atoms with Crippen molar-refractivity contribution in [2.24, 2.45) is 11.8 Å². The van der Waals surface area contributed by atoms with E-state index >= 15 is 0 Å². The molecular weight excluding hydrogens is 350 g/mol. The van der Waals surface area contributed by atoms with Crippen LogP contribution in [0.4, 0.5) is 0 Å². The molecule has 0 amide bonds. The molecule has 0 heterocycles. The minimum atomic E-state index is -0.502. The van der Waals surface area contributed by atoms with Gasteiger partial charge in [-0.25, -0.2) is 4.79 Å². The van der Waals surface area contributed by atoms with E-state index < -0.39 is 5.97 Å². The van der Waals surface area contributed by atoms with Gasteiger partial charge in [0.1, 0.15) is 11.5 Å². The third kappa shape index (κ3) is 5.42. The average Bonchev–Trinajstić information content (AvgIpc) is 2.90. The maximum absolute atomic E-state index is 12.1. The molecule has 0 radical (unpaired) electrons. The van der Waals surface area contributed by atoms with Gasteiger partial charge >= 0.3 is 5.97 Å². The Kier molecular flexibility index (Phi) is 6.75. The summed E-state index contributed by atoms with van der Waals surface area (Å²) >= 11 is 6.02. The molecule has 1 aliphatic rings. The summed E-state index contributed by atoms with van der Waals surface area (Å²) in [6.45, 7) is -0.408. The van der Waals surface area contributed by atoms with Crippen LogP contribution in [0.3, 0.4) is 0 Å². The van der Waals surface area contributed by atoms with Gasteiger partial charge in [-0.1, -0.05) is 11.6 Å². The molecule has 0 spiro atoms. The van der Waals surface area contributed by atoms with Crippen LogP contribution in [0.15, 0.2) is 18.2 Å². The molecule has 1 aliphatic carbocycles. The third-order valence-electron chi connectivity index (χ3n) is 4.45. The van der Waals surface area contributed by atoms with Crippen LogP contribution >= 0.6 is 11.6 Å². The molecule has 136 valence electrons. The number of rotatable bonds is 8. The van der Waals surface area contributed by atoms with Crippen LogP contribution in [-0.2, 0) is 20.7 Å². The summed E-state index contributed by atoms with van der Waals surface area (Å²) < 4.78 is 10.00. The number of benzene rings is 1. The number of nitro groups is 1. The van der Waals surface area contributed by atoms with Crippen molar-refractivity contribution in [1.82, 2.24) is 0 Å². The van der Waals surface area contributed by atoms with Crippen molar-refractivity contribution < 1.29 is 24.0 Å². The van der Waals surface area contributed by atoms with Gasteiger partial charge < -0.3 is 9.47 Å². The number of hydrogen-bond donors (Lipinski definition) is 0. The molecule has 1 saturated carbocycles. The summed E-state index contributed by atoms with van der Waals surface area (Å²) in [5.41, 5.74) is 0.760. The van der Waals surface area contributed by atoms with Crippen LogP contribution in [0, 0.1) is 22.0 Å². The molecule has 2 atom stereocenters. The van der Waals surface area contributed by atoms with Crippen molar-refractivity contribution in [3.8, 4) is 5.75 Å². The first kappa shape index (κ1) is 19.2. The molecule has 25 heavy (non-hydrogen) atoms. The number of aryl methyl sites for hydroxylation is 1. The molecule has 2 rings (SSSR count). The molecule has 0 bridgehead atoms. The Morgan fingerprint density at radius 3 is 2.88 bits per heavy atom. The Labute approximate surface area is 150 Å². The van der Waals surface area contributed by atoms with Gasteiger partial charge in [-0.2, -0.15) is 0 Å². The fraction of sp³-hybridized carbons (Fsp3) is 0.529. The fourth-order valence-electron chi connectivity index (χ4n) is 3.17. The van der Waals surface area contributed by atoms with Crippen LogP contribution < -0.4 is 4.74 Å². The van der Waals surface area contributed by atoms with Gasteiger partial charge in [0.15, 0.2) is 6.61 Å². The molecule has 1 aromatic carbocycles. The van der Waals surface area contributed by atoms with E-state index in [1.54, 1.807) is 18.2 Å². The van der Waals surface area contributed by atoms with Crippen LogP contribution in [-0.4, -0.2) is 36.9 Å². The highest BCUT2D eigenvalue weighted by Gasteiger charge is 2.37. The Balaban J connectivity index is 2.05. The van der Waals surface area contributed by atoms with Crippen molar-refractivity contribution in [3.05, 3.63) is 38.9 Å². The topological polar surface area (TPSA) is 95.7 Å². The molecule has 0 N–H and O–H groups in total. The van der Waals surface area contributed by atoms with Crippen molar-refractivity contribution in [2.75, 3.05) is 20.3 Å². The summed E-state index contributed by atoms with van der Waals surface area (Å²) in [7, 11) is 1.27. The average molecular weight is 370 g/mol. The molecule has 0 saturated heterocycles. The van der Waals surface area contributed by atoms with Crippen LogP contribution in [0.2, 0.25) is 5.02 Å². The number of esters is 1. The lowest BCUT2D eigenvalue weighted by Gasteiger charge is -2.16. The van der Waals surface area contributed by atoms with E-state index in [9.17, 15) is 19.7 Å². The van der Waals surface area contributed by atoms with E-state index in [1.165, 1.54) is 7.11 Å². The molecule has 1 aromatic rings. The second kappa shape index (κ2) is 8.80. The number of ketones is 1. The predicted molar refractivity (Wildman–Crippen MR) is 90.4 cm³/mol. The molecule has 8 heteroatoms. The second-order valence-electron chi connectivity index (χ2n) is 6.04. The summed E-state index contributed by atoms with van der Waals surface area (Å²) in [5.74, 6) is -0.478. The summed E-state index contributed by atoms with van der Waals surface area (Å²) in [6, 6.07) is 5.02. The van der Waals surface area contributed by atoms with E-state index in [0.717, 1.165) is 5.56 Å². The van der Waals surface area contributed by atoms with E-state index in [1.807, 2.05) is 0 Å². The lowest BCUT2D eigenvalue weighted by atomic mass is 9.89. The Morgan fingerprint density at radius 1 is 1.44 bits per heavy atom. The maximum atomic E-state index is 12.1. The van der Waals surface area contributed by atoms with E-state index in [-0.39, 0.29) is 35.7 Å². The Morgan fingerprint density at radius 2 is 2.20 bits per heavy atom. The number of ether oxygens (including phenoxy) is 2. The largest absolute Gasteiger partial charge is 0.482 e. The van der Waals surface area contributed by atoms with E-state index in [2.05, 4.69) is 4.74 Å². The first-order chi connectivity index (χ1) is 11.9. The molecule has 1 fully saturated rings. The number of carbonyl (C=O) groups excluding carboxylic acids is 2. The SMILES string of the molecule is COC(=O)COc1ccc(Cl)cc1CC[C@H]1C(=O)CC[C@@H]1C[N+](=O)[O-]. The van der Waals surface area contributed by atoms with Gasteiger partial charge in [-0.15, -0.1) is 0 Å². The third-order valence-corrected chi connectivity index (χ3v) is 4.68. The zero-order valence-corrected chi connectivity index (χ0v) is 14.7. The standard InChI is InChI=1S/C17H20ClNO6/c1-24-17(21)10-25-16-7-4-13(18)8-11(16)2-5-14-12(9-19(22)23)3-6-15(14)20/h4,7-8,12,14H,2-3,5-6,9-10H2,1H3/t12-,14-/m1/s1. The highest BCUT2D eigenvalue weighted by Crippen LogP contribution is 2.34. The minimum absolute atomic E-state index is 0.0749. The summed E-state index contributed by atoms with van der Waals surface area (Å²) in [5, 5.41) is 11.3. The fourth-order valence-corrected chi connectivity index (χ4v) is 3.37. The second-order valence-corrected chi connectivity index (χ2v) is 6.48. The monoisotopic (exact) mass is 369 g/mol. The number of methoxy groups -OCH3 is 1. The quantitative estimate of drug-likeness (QED) is 0.397. The molecule has 0 aliphatic heterocycles. The van der Waals surface area contributed by atoms with E-state index in [4.69, 9.17) is 16.3 Å². The zero-order chi connectivity index (χ0) is 18.4. The van der Waals surface area contributed by atoms with Crippen LogP contribution in [0.5, 0.6) is 5.75 Å². The summed E-state index contributed by atoms with van der Waals surface area (Å²) in [6.07, 6.45) is 1.93. The number of halogens is 1. The van der Waals surface area contributed by atoms with Gasteiger partial charge in [0.05, 0.1) is 7.11 Å². The maximum Gasteiger partial charge on any atom is 0.343 e.